The molecule has 39 heavy (non-hydrogen) atoms. The van der Waals surface area contributed by atoms with E-state index in [0.717, 1.165) is 5.69 Å². The number of aromatic nitrogens is 6. The highest BCUT2D eigenvalue weighted by molar-refractivity contribution is 6.00. The smallest absolute Gasteiger partial charge is 0.255 e. The minimum absolute atomic E-state index is 0.183. The van der Waals surface area contributed by atoms with Crippen LogP contribution in [0.3, 0.4) is 0 Å². The van der Waals surface area contributed by atoms with E-state index >= 15 is 0 Å². The largest absolute Gasteiger partial charge is 0.387 e. The second-order valence-electron chi connectivity index (χ2n) is 9.37. The van der Waals surface area contributed by atoms with E-state index in [1.54, 1.807) is 27.7 Å². The van der Waals surface area contributed by atoms with Crippen LogP contribution in [0.4, 0.5) is 15.8 Å². The first kappa shape index (κ1) is 25.5. The summed E-state index contributed by atoms with van der Waals surface area (Å²) in [5, 5.41) is 33.3. The van der Waals surface area contributed by atoms with Gasteiger partial charge < -0.3 is 15.7 Å². The first-order valence-electron chi connectivity index (χ1n) is 12.0. The lowest BCUT2D eigenvalue weighted by Gasteiger charge is -2.22. The number of aliphatic hydroxyl groups is 1. The van der Waals surface area contributed by atoms with Gasteiger partial charge in [0.1, 0.15) is 24.9 Å². The molecule has 4 aromatic heterocycles. The summed E-state index contributed by atoms with van der Waals surface area (Å²) in [7, 11) is 0. The third-order valence-corrected chi connectivity index (χ3v) is 6.08. The van der Waals surface area contributed by atoms with Crippen molar-refractivity contribution in [3.63, 3.8) is 0 Å². The van der Waals surface area contributed by atoms with Crippen molar-refractivity contribution in [3.05, 3.63) is 84.7 Å². The summed E-state index contributed by atoms with van der Waals surface area (Å²) in [5.74, 6) is -0.556. The molecule has 4 heterocycles. The van der Waals surface area contributed by atoms with Crippen LogP contribution < -0.4 is 10.6 Å². The number of halogens is 1. The summed E-state index contributed by atoms with van der Waals surface area (Å²) in [6.45, 7) is 2.31. The molecule has 5 rings (SSSR count). The molecule has 5 aromatic rings. The van der Waals surface area contributed by atoms with Crippen LogP contribution in [-0.2, 0) is 0 Å². The van der Waals surface area contributed by atoms with Gasteiger partial charge >= 0.3 is 0 Å². The molecular weight excluding hydrogens is 501 g/mol. The number of amides is 1. The fourth-order valence-corrected chi connectivity index (χ4v) is 3.86. The SMILES string of the molecule is CC(C)(O)[C@H](F)CNC(=O)c1cnc(-c2ccc3cc(C#N)cnn23)cc1Nc1ccc(-n2cncn2)cc1. The van der Waals surface area contributed by atoms with Crippen LogP contribution in [0.15, 0.2) is 73.6 Å². The average Bonchev–Trinajstić information content (AvgIpc) is 3.61. The van der Waals surface area contributed by atoms with Crippen LogP contribution in [0, 0.1) is 11.3 Å². The normalized spacial score (nSPS) is 12.2. The predicted molar refractivity (Wildman–Crippen MR) is 141 cm³/mol. The van der Waals surface area contributed by atoms with Crippen molar-refractivity contribution < 1.29 is 14.3 Å². The van der Waals surface area contributed by atoms with Gasteiger partial charge in [-0.05, 0) is 62.4 Å². The standard InChI is InChI=1S/C27H24FN9O2/c1-27(2,39)25(28)14-32-26(38)21-13-31-23(24-8-7-20-9-17(11-29)12-33-37(20)24)10-22(21)35-18-3-5-19(6-4-18)36-16-30-15-34-36/h3-10,12-13,15-16,25,39H,14H2,1-2H3,(H,31,35)(H,32,38)/t25-/m1/s1. The van der Waals surface area contributed by atoms with Crippen LogP contribution >= 0.6 is 0 Å². The number of anilines is 2. The van der Waals surface area contributed by atoms with E-state index in [9.17, 15) is 19.6 Å². The van der Waals surface area contributed by atoms with Crippen molar-refractivity contribution in [2.75, 3.05) is 11.9 Å². The lowest BCUT2D eigenvalue weighted by atomic mass is 10.0. The van der Waals surface area contributed by atoms with Gasteiger partial charge in [0.25, 0.3) is 5.91 Å². The van der Waals surface area contributed by atoms with Gasteiger partial charge in [0.05, 0.1) is 57.7 Å². The van der Waals surface area contributed by atoms with Crippen LogP contribution in [0.1, 0.15) is 29.8 Å². The second kappa shape index (κ2) is 10.3. The number of hydrogen-bond donors (Lipinski definition) is 3. The maximum Gasteiger partial charge on any atom is 0.255 e. The Labute approximate surface area is 222 Å². The van der Waals surface area contributed by atoms with Crippen LogP contribution in [0.2, 0.25) is 0 Å². The van der Waals surface area contributed by atoms with Gasteiger partial charge in [0.2, 0.25) is 0 Å². The minimum Gasteiger partial charge on any atom is -0.387 e. The molecule has 0 spiro atoms. The van der Waals surface area contributed by atoms with Crippen molar-refractivity contribution in [1.82, 2.24) is 34.7 Å². The molecule has 0 unspecified atom stereocenters. The zero-order chi connectivity index (χ0) is 27.6. The monoisotopic (exact) mass is 525 g/mol. The van der Waals surface area contributed by atoms with E-state index in [1.165, 1.54) is 32.6 Å². The molecule has 0 aliphatic heterocycles. The summed E-state index contributed by atoms with van der Waals surface area (Å²) < 4.78 is 17.6. The molecule has 1 amide bonds. The van der Waals surface area contributed by atoms with Crippen LogP contribution in [0.25, 0.3) is 22.6 Å². The minimum atomic E-state index is -1.66. The molecule has 1 atom stereocenters. The van der Waals surface area contributed by atoms with Crippen molar-refractivity contribution in [2.45, 2.75) is 25.6 Å². The van der Waals surface area contributed by atoms with Gasteiger partial charge in [0, 0.05) is 11.9 Å². The lowest BCUT2D eigenvalue weighted by Crippen LogP contribution is -2.42. The number of pyridine rings is 1. The summed E-state index contributed by atoms with van der Waals surface area (Å²) in [5.41, 5.74) is 2.80. The molecule has 0 fully saturated rings. The van der Waals surface area contributed by atoms with Crippen molar-refractivity contribution in [3.8, 4) is 23.1 Å². The molecular formula is C27H24FN9O2. The van der Waals surface area contributed by atoms with Crippen LogP contribution in [0.5, 0.6) is 0 Å². The number of rotatable bonds is 8. The topological polar surface area (TPSA) is 146 Å². The number of fused-ring (bicyclic) bond motifs is 1. The highest BCUT2D eigenvalue weighted by Gasteiger charge is 2.27. The van der Waals surface area contributed by atoms with Gasteiger partial charge in [-0.2, -0.15) is 15.5 Å². The Bertz CT molecular complexity index is 1670. The van der Waals surface area contributed by atoms with Gasteiger partial charge in [0.15, 0.2) is 0 Å². The van der Waals surface area contributed by atoms with Crippen molar-refractivity contribution >= 4 is 22.8 Å². The molecule has 0 bridgehead atoms. The highest BCUT2D eigenvalue weighted by atomic mass is 19.1. The van der Waals surface area contributed by atoms with E-state index in [0.29, 0.717) is 33.8 Å². The zero-order valence-electron chi connectivity index (χ0n) is 21.1. The number of carbonyl (C=O) groups is 1. The average molecular weight is 526 g/mol. The molecule has 0 aliphatic rings. The Morgan fingerprint density at radius 2 is 1.95 bits per heavy atom. The molecule has 11 nitrogen and oxygen atoms in total. The third-order valence-electron chi connectivity index (χ3n) is 6.08. The van der Waals surface area contributed by atoms with Crippen LogP contribution in [-0.4, -0.2) is 58.7 Å². The van der Waals surface area contributed by atoms with E-state index in [2.05, 4.69) is 36.9 Å². The molecule has 0 aliphatic carbocycles. The Hall–Kier alpha value is -5.15. The van der Waals surface area contributed by atoms with E-state index < -0.39 is 17.7 Å². The molecule has 0 saturated heterocycles. The third kappa shape index (κ3) is 5.43. The molecule has 3 N–H and O–H groups in total. The van der Waals surface area contributed by atoms with E-state index in [1.807, 2.05) is 36.4 Å². The summed E-state index contributed by atoms with van der Waals surface area (Å²) in [4.78, 5) is 21.5. The number of carbonyl (C=O) groups excluding carboxylic acids is 1. The maximum absolute atomic E-state index is 14.3. The summed E-state index contributed by atoms with van der Waals surface area (Å²) >= 11 is 0. The summed E-state index contributed by atoms with van der Waals surface area (Å²) in [6.07, 6.45) is 4.23. The number of nitrogens with zero attached hydrogens (tertiary/aromatic N) is 7. The zero-order valence-corrected chi connectivity index (χ0v) is 21.1. The van der Waals surface area contributed by atoms with Gasteiger partial charge in [-0.25, -0.2) is 18.6 Å². The maximum atomic E-state index is 14.3. The predicted octanol–water partition coefficient (Wildman–Crippen LogP) is 3.43. The van der Waals surface area contributed by atoms with E-state index in [4.69, 9.17) is 0 Å². The lowest BCUT2D eigenvalue weighted by molar-refractivity contribution is -0.00177. The van der Waals surface area contributed by atoms with Gasteiger partial charge in [-0.1, -0.05) is 0 Å². The molecule has 0 radical (unpaired) electrons. The Balaban J connectivity index is 1.49. The fraction of sp³-hybridized carbons (Fsp3) is 0.185. The van der Waals surface area contributed by atoms with Crippen molar-refractivity contribution in [1.29, 1.82) is 5.26 Å². The number of nitriles is 1. The Morgan fingerprint density at radius 1 is 1.15 bits per heavy atom. The summed E-state index contributed by atoms with van der Waals surface area (Å²) in [6, 6.07) is 16.4. The molecule has 196 valence electrons. The van der Waals surface area contributed by atoms with Gasteiger partial charge in [-0.3, -0.25) is 9.78 Å². The van der Waals surface area contributed by atoms with E-state index in [-0.39, 0.29) is 12.1 Å². The Morgan fingerprint density at radius 3 is 2.64 bits per heavy atom. The second-order valence-corrected chi connectivity index (χ2v) is 9.37. The molecule has 0 saturated carbocycles. The fourth-order valence-electron chi connectivity index (χ4n) is 3.86. The quantitative estimate of drug-likeness (QED) is 0.279. The number of benzene rings is 1. The van der Waals surface area contributed by atoms with Crippen molar-refractivity contribution in [2.24, 2.45) is 0 Å². The number of hydrogen-bond acceptors (Lipinski definition) is 8. The Kier molecular flexibility index (Phi) is 6.74. The molecule has 1 aromatic carbocycles. The first-order chi connectivity index (χ1) is 18.7. The number of alkyl halides is 1. The highest BCUT2D eigenvalue weighted by Crippen LogP contribution is 2.28. The first-order valence-corrected chi connectivity index (χ1v) is 12.0. The molecule has 12 heteroatoms. The van der Waals surface area contributed by atoms with Gasteiger partial charge in [-0.15, -0.1) is 0 Å². The number of nitrogens with one attached hydrogen (secondary N) is 2.